The van der Waals surface area contributed by atoms with Crippen LogP contribution in [0.3, 0.4) is 0 Å². The second kappa shape index (κ2) is 9.58. The maximum absolute atomic E-state index is 11.8. The van der Waals surface area contributed by atoms with Gasteiger partial charge < -0.3 is 15.5 Å². The molecule has 0 aliphatic rings. The average molecular weight is 379 g/mol. The number of aryl methyl sites for hydroxylation is 1. The van der Waals surface area contributed by atoms with Gasteiger partial charge in [-0.15, -0.1) is 22.7 Å². The van der Waals surface area contributed by atoms with Crippen molar-refractivity contribution in [3.63, 3.8) is 0 Å². The molecule has 1 unspecified atom stereocenters. The Hall–Kier alpha value is -1.86. The average Bonchev–Trinajstić information content (AvgIpc) is 3.21. The zero-order valence-corrected chi connectivity index (χ0v) is 16.8. The van der Waals surface area contributed by atoms with E-state index in [2.05, 4.69) is 53.1 Å². The predicted molar refractivity (Wildman–Crippen MR) is 108 cm³/mol. The molecule has 0 fully saturated rings. The minimum absolute atomic E-state index is 0.0150. The van der Waals surface area contributed by atoms with E-state index < -0.39 is 0 Å². The van der Waals surface area contributed by atoms with E-state index in [1.165, 1.54) is 14.6 Å². The number of hydrogen-bond acceptors (Lipinski definition) is 4. The molecule has 136 valence electrons. The number of carbonyl (C=O) groups is 1. The lowest BCUT2D eigenvalue weighted by molar-refractivity contribution is -0.127. The van der Waals surface area contributed by atoms with Gasteiger partial charge in [-0.2, -0.15) is 0 Å². The van der Waals surface area contributed by atoms with Crippen LogP contribution in [-0.2, 0) is 17.8 Å². The van der Waals surface area contributed by atoms with E-state index in [0.29, 0.717) is 12.5 Å². The Morgan fingerprint density at radius 2 is 2.08 bits per heavy atom. The zero-order valence-electron chi connectivity index (χ0n) is 15.2. The Labute approximate surface area is 157 Å². The van der Waals surface area contributed by atoms with Crippen LogP contribution < -0.4 is 10.6 Å². The molecule has 2 aromatic rings. The molecule has 0 aliphatic carbocycles. The van der Waals surface area contributed by atoms with Crippen molar-refractivity contribution >= 4 is 34.5 Å². The van der Waals surface area contributed by atoms with Gasteiger partial charge in [0.1, 0.15) is 6.54 Å². The third-order valence-corrected chi connectivity index (χ3v) is 5.47. The van der Waals surface area contributed by atoms with Crippen LogP contribution in [0, 0.1) is 6.92 Å². The third-order valence-electron chi connectivity index (χ3n) is 3.57. The van der Waals surface area contributed by atoms with Gasteiger partial charge in [-0.3, -0.25) is 4.79 Å². The van der Waals surface area contributed by atoms with Crippen LogP contribution in [-0.4, -0.2) is 43.4 Å². The second-order valence-electron chi connectivity index (χ2n) is 6.15. The molecule has 1 amide bonds. The first-order chi connectivity index (χ1) is 11.9. The fourth-order valence-electron chi connectivity index (χ4n) is 2.21. The summed E-state index contributed by atoms with van der Waals surface area (Å²) in [5.74, 6) is 0.656. The third kappa shape index (κ3) is 6.88. The first kappa shape index (κ1) is 19.5. The second-order valence-corrected chi connectivity index (χ2v) is 8.55. The molecule has 1 atom stereocenters. The maximum atomic E-state index is 11.8. The topological polar surface area (TPSA) is 56.7 Å². The van der Waals surface area contributed by atoms with Crippen LogP contribution in [0.1, 0.15) is 21.6 Å². The van der Waals surface area contributed by atoms with E-state index in [0.717, 1.165) is 6.42 Å². The number of likely N-dealkylation sites (N-methyl/N-ethyl adjacent to an activating group) is 1. The van der Waals surface area contributed by atoms with Gasteiger partial charge in [-0.25, -0.2) is 4.99 Å². The number of carbonyl (C=O) groups excluding carboxylic acids is 1. The highest BCUT2D eigenvalue weighted by atomic mass is 32.1. The number of aliphatic imine (C=N–C) groups is 1. The quantitative estimate of drug-likeness (QED) is 0.575. The Morgan fingerprint density at radius 3 is 2.68 bits per heavy atom. The molecule has 7 heteroatoms. The molecule has 2 rings (SSSR count). The summed E-state index contributed by atoms with van der Waals surface area (Å²) in [5, 5.41) is 8.79. The van der Waals surface area contributed by atoms with E-state index in [4.69, 9.17) is 0 Å². The Bertz CT molecular complexity index is 692. The largest absolute Gasteiger partial charge is 0.354 e. The fourth-order valence-corrected chi connectivity index (χ4v) is 3.87. The summed E-state index contributed by atoms with van der Waals surface area (Å²) in [4.78, 5) is 21.7. The molecule has 0 aromatic carbocycles. The molecule has 5 nitrogen and oxygen atoms in total. The maximum Gasteiger partial charge on any atom is 0.243 e. The summed E-state index contributed by atoms with van der Waals surface area (Å²) >= 11 is 3.52. The molecule has 2 aromatic heterocycles. The monoisotopic (exact) mass is 378 g/mol. The lowest BCUT2D eigenvalue weighted by atomic mass is 10.2. The highest BCUT2D eigenvalue weighted by molar-refractivity contribution is 7.11. The van der Waals surface area contributed by atoms with Gasteiger partial charge in [0.2, 0.25) is 5.91 Å². The van der Waals surface area contributed by atoms with Crippen molar-refractivity contribution < 1.29 is 4.79 Å². The Kier molecular flexibility index (Phi) is 7.46. The summed E-state index contributed by atoms with van der Waals surface area (Å²) in [6.07, 6.45) is 0.930. The normalized spacial score (nSPS) is 12.7. The number of thiophene rings is 2. The van der Waals surface area contributed by atoms with Crippen LogP contribution in [0.5, 0.6) is 0 Å². The predicted octanol–water partition coefficient (Wildman–Crippen LogP) is 2.87. The molecule has 0 bridgehead atoms. The molecule has 0 saturated carbocycles. The van der Waals surface area contributed by atoms with Crippen molar-refractivity contribution in [3.05, 3.63) is 44.3 Å². The molecular weight excluding hydrogens is 352 g/mol. The van der Waals surface area contributed by atoms with Gasteiger partial charge in [-0.05, 0) is 37.4 Å². The summed E-state index contributed by atoms with van der Waals surface area (Å²) in [5.41, 5.74) is 0. The highest BCUT2D eigenvalue weighted by Crippen LogP contribution is 2.16. The number of rotatable bonds is 7. The van der Waals surface area contributed by atoms with Gasteiger partial charge in [0.25, 0.3) is 0 Å². The number of amides is 1. The smallest absolute Gasteiger partial charge is 0.243 e. The summed E-state index contributed by atoms with van der Waals surface area (Å²) < 4.78 is 0. The molecule has 0 spiro atoms. The molecule has 0 saturated heterocycles. The highest BCUT2D eigenvalue weighted by Gasteiger charge is 2.10. The number of nitrogens with zero attached hydrogens (tertiary/aromatic N) is 2. The van der Waals surface area contributed by atoms with Crippen molar-refractivity contribution in [2.24, 2.45) is 4.99 Å². The van der Waals surface area contributed by atoms with Crippen molar-refractivity contribution in [2.75, 3.05) is 20.6 Å². The molecule has 25 heavy (non-hydrogen) atoms. The van der Waals surface area contributed by atoms with Gasteiger partial charge in [0, 0.05) is 41.2 Å². The Balaban J connectivity index is 1.96. The van der Waals surface area contributed by atoms with E-state index >= 15 is 0 Å². The van der Waals surface area contributed by atoms with E-state index in [-0.39, 0.29) is 18.5 Å². The van der Waals surface area contributed by atoms with Gasteiger partial charge in [-0.1, -0.05) is 6.07 Å². The van der Waals surface area contributed by atoms with Crippen LogP contribution >= 0.6 is 22.7 Å². The first-order valence-electron chi connectivity index (χ1n) is 8.26. The standard InChI is InChI=1S/C18H26N4OS2/c1-13(10-15-8-7-14(2)25-15)21-18(20-12-17(23)22(3)4)19-11-16-6-5-9-24-16/h5-9,13H,10-12H2,1-4H3,(H2,19,20,21). The fraction of sp³-hybridized carbons (Fsp3) is 0.444. The van der Waals surface area contributed by atoms with Gasteiger partial charge >= 0.3 is 0 Å². The van der Waals surface area contributed by atoms with Gasteiger partial charge in [0.15, 0.2) is 5.96 Å². The number of nitrogens with one attached hydrogen (secondary N) is 2. The zero-order chi connectivity index (χ0) is 18.2. The Morgan fingerprint density at radius 1 is 1.28 bits per heavy atom. The molecular formula is C18H26N4OS2. The number of guanidine groups is 1. The number of hydrogen-bond donors (Lipinski definition) is 2. The summed E-state index contributed by atoms with van der Waals surface area (Å²) in [6, 6.07) is 8.65. The molecule has 0 aliphatic heterocycles. The first-order valence-corrected chi connectivity index (χ1v) is 9.96. The molecule has 2 heterocycles. The lowest BCUT2D eigenvalue weighted by Crippen LogP contribution is -2.43. The van der Waals surface area contributed by atoms with E-state index in [1.54, 1.807) is 30.3 Å². The van der Waals surface area contributed by atoms with Crippen LogP contribution in [0.25, 0.3) is 0 Å². The van der Waals surface area contributed by atoms with E-state index in [1.807, 2.05) is 17.4 Å². The summed E-state index contributed by atoms with van der Waals surface area (Å²) in [6.45, 7) is 5.09. The SMILES string of the molecule is Cc1ccc(CC(C)NC(=NCC(=O)N(C)C)NCc2cccs2)s1. The van der Waals surface area contributed by atoms with Crippen LogP contribution in [0.2, 0.25) is 0 Å². The molecule has 0 radical (unpaired) electrons. The summed E-state index contributed by atoms with van der Waals surface area (Å²) in [7, 11) is 3.48. The molecule has 2 N–H and O–H groups in total. The van der Waals surface area contributed by atoms with Crippen molar-refractivity contribution in [3.8, 4) is 0 Å². The van der Waals surface area contributed by atoms with Crippen molar-refractivity contribution in [1.29, 1.82) is 0 Å². The minimum atomic E-state index is -0.0150. The lowest BCUT2D eigenvalue weighted by Gasteiger charge is -2.18. The minimum Gasteiger partial charge on any atom is -0.354 e. The van der Waals surface area contributed by atoms with Crippen molar-refractivity contribution in [1.82, 2.24) is 15.5 Å². The van der Waals surface area contributed by atoms with Crippen LogP contribution in [0.4, 0.5) is 0 Å². The van der Waals surface area contributed by atoms with Crippen LogP contribution in [0.15, 0.2) is 34.6 Å². The van der Waals surface area contributed by atoms with E-state index in [9.17, 15) is 4.79 Å². The van der Waals surface area contributed by atoms with Gasteiger partial charge in [0.05, 0.1) is 6.54 Å². The van der Waals surface area contributed by atoms with Crippen molar-refractivity contribution in [2.45, 2.75) is 32.9 Å².